The maximum atomic E-state index is 13.1. The monoisotopic (exact) mass is 166 g/mol. The largest absolute Gasteiger partial charge is 0.497 e. The molecule has 1 aromatic carbocycles. The molecule has 0 saturated heterocycles. The second-order valence-corrected chi connectivity index (χ2v) is 3.07. The van der Waals surface area contributed by atoms with Crippen LogP contribution in [0.2, 0.25) is 0 Å². The Hall–Kier alpha value is -1.05. The van der Waals surface area contributed by atoms with Crippen molar-refractivity contribution in [3.05, 3.63) is 29.3 Å². The van der Waals surface area contributed by atoms with Crippen LogP contribution in [0, 0.1) is 0 Å². The molecule has 0 amide bonds. The highest BCUT2D eigenvalue weighted by Gasteiger charge is 2.21. The molecule has 1 nitrogen and oxygen atoms in total. The lowest BCUT2D eigenvalue weighted by atomic mass is 10.1. The van der Waals surface area contributed by atoms with Crippen LogP contribution in [-0.4, -0.2) is 7.11 Å². The molecule has 64 valence electrons. The van der Waals surface area contributed by atoms with Crippen LogP contribution in [0.5, 0.6) is 5.75 Å². The van der Waals surface area contributed by atoms with Gasteiger partial charge in [0.2, 0.25) is 0 Å². The van der Waals surface area contributed by atoms with Gasteiger partial charge in [-0.2, -0.15) is 0 Å². The first-order valence-electron chi connectivity index (χ1n) is 4.12. The molecule has 1 atom stereocenters. The van der Waals surface area contributed by atoms with Gasteiger partial charge >= 0.3 is 0 Å². The number of fused-ring (bicyclic) bond motifs is 1. The Balaban J connectivity index is 2.41. The summed E-state index contributed by atoms with van der Waals surface area (Å²) in [6.07, 6.45) is 0.710. The summed E-state index contributed by atoms with van der Waals surface area (Å²) in [5.74, 6) is 0.822. The molecule has 0 spiro atoms. The van der Waals surface area contributed by atoms with Gasteiger partial charge in [0, 0.05) is 0 Å². The Morgan fingerprint density at radius 2 is 2.33 bits per heavy atom. The van der Waals surface area contributed by atoms with Crippen molar-refractivity contribution in [2.24, 2.45) is 0 Å². The quantitative estimate of drug-likeness (QED) is 0.623. The number of hydrogen-bond acceptors (Lipinski definition) is 1. The van der Waals surface area contributed by atoms with Crippen molar-refractivity contribution in [2.75, 3.05) is 7.11 Å². The van der Waals surface area contributed by atoms with E-state index >= 15 is 0 Å². The van der Waals surface area contributed by atoms with E-state index in [4.69, 9.17) is 4.74 Å². The Morgan fingerprint density at radius 3 is 3.08 bits per heavy atom. The van der Waals surface area contributed by atoms with Gasteiger partial charge in [-0.1, -0.05) is 6.07 Å². The number of ether oxygens (including phenoxy) is 1. The van der Waals surface area contributed by atoms with Crippen LogP contribution in [0.1, 0.15) is 23.7 Å². The van der Waals surface area contributed by atoms with Crippen molar-refractivity contribution in [3.63, 3.8) is 0 Å². The summed E-state index contributed by atoms with van der Waals surface area (Å²) in [5, 5.41) is 0. The van der Waals surface area contributed by atoms with Gasteiger partial charge in [-0.25, -0.2) is 4.39 Å². The average molecular weight is 166 g/mol. The zero-order valence-corrected chi connectivity index (χ0v) is 7.01. The number of alkyl halides is 1. The van der Waals surface area contributed by atoms with Crippen LogP contribution in [0.15, 0.2) is 18.2 Å². The Bertz CT molecular complexity index is 296. The summed E-state index contributed by atoms with van der Waals surface area (Å²) < 4.78 is 18.2. The zero-order chi connectivity index (χ0) is 8.55. The molecular weight excluding hydrogens is 155 g/mol. The maximum Gasteiger partial charge on any atom is 0.126 e. The minimum Gasteiger partial charge on any atom is -0.497 e. The average Bonchev–Trinajstić information content (AvgIpc) is 2.47. The summed E-state index contributed by atoms with van der Waals surface area (Å²) in [6, 6.07) is 5.57. The van der Waals surface area contributed by atoms with Crippen molar-refractivity contribution >= 4 is 0 Å². The lowest BCUT2D eigenvalue weighted by molar-refractivity contribution is 0.343. The van der Waals surface area contributed by atoms with Crippen LogP contribution in [-0.2, 0) is 6.42 Å². The molecule has 1 aromatic rings. The first kappa shape index (κ1) is 7.59. The molecule has 0 N–H and O–H groups in total. The van der Waals surface area contributed by atoms with Crippen LogP contribution in [0.3, 0.4) is 0 Å². The van der Waals surface area contributed by atoms with Gasteiger partial charge in [-0.15, -0.1) is 0 Å². The van der Waals surface area contributed by atoms with E-state index < -0.39 is 6.17 Å². The molecule has 2 heteroatoms. The molecule has 0 aromatic heterocycles. The number of halogens is 1. The molecule has 0 fully saturated rings. The van der Waals surface area contributed by atoms with Crippen LogP contribution < -0.4 is 4.74 Å². The lowest BCUT2D eigenvalue weighted by Gasteiger charge is -2.03. The summed E-state index contributed by atoms with van der Waals surface area (Å²) in [6.45, 7) is 0. The van der Waals surface area contributed by atoms with Crippen LogP contribution in [0.4, 0.5) is 4.39 Å². The Kier molecular flexibility index (Phi) is 1.75. The first-order valence-corrected chi connectivity index (χ1v) is 4.12. The fourth-order valence-electron chi connectivity index (χ4n) is 1.67. The molecule has 0 aliphatic heterocycles. The van der Waals surface area contributed by atoms with Crippen molar-refractivity contribution in [2.45, 2.75) is 19.0 Å². The van der Waals surface area contributed by atoms with Crippen molar-refractivity contribution in [3.8, 4) is 5.75 Å². The fourth-order valence-corrected chi connectivity index (χ4v) is 1.67. The summed E-state index contributed by atoms with van der Waals surface area (Å²) in [4.78, 5) is 0. The van der Waals surface area contributed by atoms with Crippen molar-refractivity contribution in [1.82, 2.24) is 0 Å². The molecule has 0 radical (unpaired) electrons. The number of benzene rings is 1. The van der Waals surface area contributed by atoms with Crippen molar-refractivity contribution in [1.29, 1.82) is 0 Å². The van der Waals surface area contributed by atoms with E-state index in [0.29, 0.717) is 6.42 Å². The third-order valence-electron chi connectivity index (χ3n) is 2.35. The highest BCUT2D eigenvalue weighted by molar-refractivity contribution is 5.39. The smallest absolute Gasteiger partial charge is 0.126 e. The SMILES string of the molecule is COc1ccc2c(c1)CCC2F. The molecule has 1 aliphatic rings. The number of hydrogen-bond donors (Lipinski definition) is 0. The molecule has 12 heavy (non-hydrogen) atoms. The minimum atomic E-state index is -0.758. The molecule has 2 rings (SSSR count). The molecule has 0 bridgehead atoms. The van der Waals surface area contributed by atoms with E-state index in [-0.39, 0.29) is 0 Å². The number of methoxy groups -OCH3 is 1. The third-order valence-corrected chi connectivity index (χ3v) is 2.35. The predicted octanol–water partition coefficient (Wildman–Crippen LogP) is 2.65. The van der Waals surface area contributed by atoms with E-state index in [1.807, 2.05) is 18.2 Å². The topological polar surface area (TPSA) is 9.23 Å². The van der Waals surface area contributed by atoms with Gasteiger partial charge in [-0.3, -0.25) is 0 Å². The second-order valence-electron chi connectivity index (χ2n) is 3.07. The molecule has 1 unspecified atom stereocenters. The molecular formula is C10H11FO. The van der Waals surface area contributed by atoms with Gasteiger partial charge in [-0.05, 0) is 36.1 Å². The minimum absolute atomic E-state index is 0.627. The van der Waals surface area contributed by atoms with Gasteiger partial charge in [0.25, 0.3) is 0 Å². The van der Waals surface area contributed by atoms with E-state index in [0.717, 1.165) is 23.3 Å². The molecule has 1 aliphatic carbocycles. The fraction of sp³-hybridized carbons (Fsp3) is 0.400. The highest BCUT2D eigenvalue weighted by Crippen LogP contribution is 2.35. The molecule has 0 saturated carbocycles. The Labute approximate surface area is 71.2 Å². The van der Waals surface area contributed by atoms with Crippen LogP contribution in [0.25, 0.3) is 0 Å². The van der Waals surface area contributed by atoms with E-state index in [9.17, 15) is 4.39 Å². The van der Waals surface area contributed by atoms with Crippen molar-refractivity contribution < 1.29 is 9.13 Å². The summed E-state index contributed by atoms with van der Waals surface area (Å²) in [7, 11) is 1.63. The zero-order valence-electron chi connectivity index (χ0n) is 7.01. The van der Waals surface area contributed by atoms with Gasteiger partial charge < -0.3 is 4.74 Å². The highest BCUT2D eigenvalue weighted by atomic mass is 19.1. The van der Waals surface area contributed by atoms with Crippen LogP contribution >= 0.6 is 0 Å². The van der Waals surface area contributed by atoms with E-state index in [1.165, 1.54) is 0 Å². The predicted molar refractivity (Wildman–Crippen MR) is 45.2 cm³/mol. The first-order chi connectivity index (χ1) is 5.81. The molecule has 0 heterocycles. The maximum absolute atomic E-state index is 13.1. The van der Waals surface area contributed by atoms with Gasteiger partial charge in [0.15, 0.2) is 0 Å². The Morgan fingerprint density at radius 1 is 1.50 bits per heavy atom. The second kappa shape index (κ2) is 2.77. The summed E-state index contributed by atoms with van der Waals surface area (Å²) >= 11 is 0. The number of aryl methyl sites for hydroxylation is 1. The van der Waals surface area contributed by atoms with Gasteiger partial charge in [0.05, 0.1) is 7.11 Å². The van der Waals surface area contributed by atoms with Gasteiger partial charge in [0.1, 0.15) is 11.9 Å². The standard InChI is InChI=1S/C10H11FO/c1-12-8-3-4-9-7(6-8)2-5-10(9)11/h3-4,6,10H,2,5H2,1H3. The summed E-state index contributed by atoms with van der Waals surface area (Å²) in [5.41, 5.74) is 1.94. The normalized spacial score (nSPS) is 20.7. The lowest BCUT2D eigenvalue weighted by Crippen LogP contribution is -1.87. The number of rotatable bonds is 1. The van der Waals surface area contributed by atoms with E-state index in [1.54, 1.807) is 7.11 Å². The van der Waals surface area contributed by atoms with E-state index in [2.05, 4.69) is 0 Å². The third kappa shape index (κ3) is 1.07.